The van der Waals surface area contributed by atoms with Crippen LogP contribution >= 0.6 is 11.6 Å². The molecule has 0 unspecified atom stereocenters. The molecule has 2 aromatic rings. The number of rotatable bonds is 1. The quantitative estimate of drug-likeness (QED) is 0.788. The van der Waals surface area contributed by atoms with E-state index < -0.39 is 11.7 Å². The highest BCUT2D eigenvalue weighted by Crippen LogP contribution is 2.37. The fourth-order valence-electron chi connectivity index (χ4n) is 2.52. The molecule has 0 aliphatic carbocycles. The summed E-state index contributed by atoms with van der Waals surface area (Å²) in [4.78, 5) is 1.85. The standard InChI is InChI=1S/C15H12ClF3N2/c16-12-4-11(15(17,18)19)5-14(6-12)21-7-9-1-2-13(20)3-10(9)8-21/h1-6H,7-8,20H2. The van der Waals surface area contributed by atoms with Crippen molar-refractivity contribution < 1.29 is 13.2 Å². The molecule has 1 heterocycles. The maximum Gasteiger partial charge on any atom is 0.416 e. The maximum atomic E-state index is 12.9. The van der Waals surface area contributed by atoms with Crippen molar-refractivity contribution in [3.05, 3.63) is 58.1 Å². The molecule has 0 saturated heterocycles. The topological polar surface area (TPSA) is 29.3 Å². The number of nitrogens with two attached hydrogens (primary N) is 1. The van der Waals surface area contributed by atoms with Crippen molar-refractivity contribution in [2.45, 2.75) is 19.3 Å². The van der Waals surface area contributed by atoms with E-state index >= 15 is 0 Å². The third kappa shape index (κ3) is 2.78. The first-order valence-electron chi connectivity index (χ1n) is 6.33. The first-order valence-corrected chi connectivity index (χ1v) is 6.71. The maximum absolute atomic E-state index is 12.9. The Morgan fingerprint density at radius 3 is 2.43 bits per heavy atom. The molecule has 21 heavy (non-hydrogen) atoms. The van der Waals surface area contributed by atoms with Crippen LogP contribution < -0.4 is 10.6 Å². The van der Waals surface area contributed by atoms with Gasteiger partial charge in [0.2, 0.25) is 0 Å². The van der Waals surface area contributed by atoms with Crippen LogP contribution in [0.15, 0.2) is 36.4 Å². The lowest BCUT2D eigenvalue weighted by Crippen LogP contribution is -2.16. The molecule has 1 aliphatic heterocycles. The lowest BCUT2D eigenvalue weighted by Gasteiger charge is -2.20. The highest BCUT2D eigenvalue weighted by atomic mass is 35.5. The van der Waals surface area contributed by atoms with Crippen molar-refractivity contribution in [1.29, 1.82) is 0 Å². The lowest BCUT2D eigenvalue weighted by atomic mass is 10.1. The minimum Gasteiger partial charge on any atom is -0.399 e. The SMILES string of the molecule is Nc1ccc2c(c1)CN(c1cc(Cl)cc(C(F)(F)F)c1)C2. The Morgan fingerprint density at radius 2 is 1.71 bits per heavy atom. The van der Waals surface area contributed by atoms with Gasteiger partial charge >= 0.3 is 6.18 Å². The zero-order valence-electron chi connectivity index (χ0n) is 10.9. The molecule has 0 spiro atoms. The Morgan fingerprint density at radius 1 is 1.00 bits per heavy atom. The van der Waals surface area contributed by atoms with Gasteiger partial charge in [-0.25, -0.2) is 0 Å². The van der Waals surface area contributed by atoms with E-state index in [4.69, 9.17) is 17.3 Å². The van der Waals surface area contributed by atoms with E-state index in [9.17, 15) is 13.2 Å². The Labute approximate surface area is 124 Å². The molecule has 110 valence electrons. The first kappa shape index (κ1) is 14.1. The number of nitrogens with zero attached hydrogens (tertiary/aromatic N) is 1. The molecule has 1 aliphatic rings. The van der Waals surface area contributed by atoms with E-state index in [2.05, 4.69) is 0 Å². The summed E-state index contributed by atoms with van der Waals surface area (Å²) in [5, 5.41) is 0.0790. The summed E-state index contributed by atoms with van der Waals surface area (Å²) >= 11 is 5.82. The van der Waals surface area contributed by atoms with Crippen molar-refractivity contribution in [1.82, 2.24) is 0 Å². The van der Waals surface area contributed by atoms with Crippen LogP contribution in [0.3, 0.4) is 0 Å². The van der Waals surface area contributed by atoms with Gasteiger partial charge in [-0.15, -0.1) is 0 Å². The number of hydrogen-bond acceptors (Lipinski definition) is 2. The third-order valence-corrected chi connectivity index (χ3v) is 3.75. The van der Waals surface area contributed by atoms with Gasteiger partial charge in [0, 0.05) is 29.5 Å². The Balaban J connectivity index is 1.95. The van der Waals surface area contributed by atoms with E-state index in [0.717, 1.165) is 23.3 Å². The van der Waals surface area contributed by atoms with Gasteiger partial charge < -0.3 is 10.6 Å². The molecule has 0 atom stereocenters. The van der Waals surface area contributed by atoms with Crippen molar-refractivity contribution in [3.8, 4) is 0 Å². The summed E-state index contributed by atoms with van der Waals surface area (Å²) < 4.78 is 38.6. The van der Waals surface area contributed by atoms with Crippen LogP contribution in [-0.2, 0) is 19.3 Å². The Kier molecular flexibility index (Phi) is 3.24. The van der Waals surface area contributed by atoms with Crippen LogP contribution in [0.5, 0.6) is 0 Å². The highest BCUT2D eigenvalue weighted by Gasteiger charge is 2.32. The fraction of sp³-hybridized carbons (Fsp3) is 0.200. The normalized spacial score (nSPS) is 14.4. The molecule has 0 radical (unpaired) electrons. The first-order chi connectivity index (χ1) is 9.83. The van der Waals surface area contributed by atoms with Crippen LogP contribution in [0.25, 0.3) is 0 Å². The van der Waals surface area contributed by atoms with Gasteiger partial charge in [-0.2, -0.15) is 13.2 Å². The number of hydrogen-bond donors (Lipinski definition) is 1. The average Bonchev–Trinajstić information content (AvgIpc) is 2.80. The summed E-state index contributed by atoms with van der Waals surface area (Å²) in [6, 6.07) is 9.16. The predicted molar refractivity (Wildman–Crippen MR) is 77.2 cm³/mol. The summed E-state index contributed by atoms with van der Waals surface area (Å²) in [5.74, 6) is 0. The average molecular weight is 313 g/mol. The van der Waals surface area contributed by atoms with Gasteiger partial charge in [0.25, 0.3) is 0 Å². The number of alkyl halides is 3. The van der Waals surface area contributed by atoms with Gasteiger partial charge in [0.05, 0.1) is 5.56 Å². The number of nitrogen functional groups attached to an aromatic ring is 1. The molecule has 0 saturated carbocycles. The van der Waals surface area contributed by atoms with E-state index in [1.165, 1.54) is 0 Å². The van der Waals surface area contributed by atoms with E-state index in [0.29, 0.717) is 24.5 Å². The molecule has 0 fully saturated rings. The number of anilines is 2. The van der Waals surface area contributed by atoms with Gasteiger partial charge in [-0.1, -0.05) is 17.7 Å². The second kappa shape index (κ2) is 4.84. The summed E-state index contributed by atoms with van der Waals surface area (Å²) in [6.45, 7) is 1.07. The minimum atomic E-state index is -4.41. The van der Waals surface area contributed by atoms with Crippen molar-refractivity contribution in [2.24, 2.45) is 0 Å². The summed E-state index contributed by atoms with van der Waals surface area (Å²) in [7, 11) is 0. The Hall–Kier alpha value is -1.88. The molecule has 6 heteroatoms. The molecule has 2 N–H and O–H groups in total. The second-order valence-electron chi connectivity index (χ2n) is 5.08. The van der Waals surface area contributed by atoms with Crippen LogP contribution in [0.4, 0.5) is 24.5 Å². The zero-order valence-corrected chi connectivity index (χ0v) is 11.7. The van der Waals surface area contributed by atoms with E-state index in [1.807, 2.05) is 17.0 Å². The van der Waals surface area contributed by atoms with Gasteiger partial charge in [0.15, 0.2) is 0 Å². The zero-order chi connectivity index (χ0) is 15.2. The summed E-state index contributed by atoms with van der Waals surface area (Å²) in [5.41, 5.74) is 8.21. The number of benzene rings is 2. The Bertz CT molecular complexity index is 698. The van der Waals surface area contributed by atoms with E-state index in [-0.39, 0.29) is 5.02 Å². The predicted octanol–water partition coefficient (Wildman–Crippen LogP) is 4.46. The van der Waals surface area contributed by atoms with Gasteiger partial charge in [-0.05, 0) is 41.5 Å². The number of halogens is 4. The molecular formula is C15H12ClF3N2. The molecule has 2 nitrogen and oxygen atoms in total. The lowest BCUT2D eigenvalue weighted by molar-refractivity contribution is -0.137. The van der Waals surface area contributed by atoms with Crippen LogP contribution in [0.1, 0.15) is 16.7 Å². The van der Waals surface area contributed by atoms with Crippen LogP contribution in [0.2, 0.25) is 5.02 Å². The fourth-order valence-corrected chi connectivity index (χ4v) is 2.75. The van der Waals surface area contributed by atoms with Crippen molar-refractivity contribution in [2.75, 3.05) is 10.6 Å². The monoisotopic (exact) mass is 312 g/mol. The molecular weight excluding hydrogens is 301 g/mol. The highest BCUT2D eigenvalue weighted by molar-refractivity contribution is 6.31. The smallest absolute Gasteiger partial charge is 0.399 e. The molecule has 0 amide bonds. The van der Waals surface area contributed by atoms with Gasteiger partial charge in [-0.3, -0.25) is 0 Å². The molecule has 2 aromatic carbocycles. The van der Waals surface area contributed by atoms with Crippen molar-refractivity contribution >= 4 is 23.0 Å². The minimum absolute atomic E-state index is 0.0790. The van der Waals surface area contributed by atoms with Crippen molar-refractivity contribution in [3.63, 3.8) is 0 Å². The van der Waals surface area contributed by atoms with Crippen LogP contribution in [0, 0.1) is 0 Å². The third-order valence-electron chi connectivity index (χ3n) is 3.53. The molecule has 0 bridgehead atoms. The molecule has 0 aromatic heterocycles. The molecule has 3 rings (SSSR count). The van der Waals surface area contributed by atoms with E-state index in [1.54, 1.807) is 12.1 Å². The van der Waals surface area contributed by atoms with Gasteiger partial charge in [0.1, 0.15) is 0 Å². The second-order valence-corrected chi connectivity index (χ2v) is 5.52. The van der Waals surface area contributed by atoms with Crippen LogP contribution in [-0.4, -0.2) is 0 Å². The largest absolute Gasteiger partial charge is 0.416 e. The summed E-state index contributed by atoms with van der Waals surface area (Å²) in [6.07, 6.45) is -4.41. The number of fused-ring (bicyclic) bond motifs is 1.